The Bertz CT molecular complexity index is 528. The highest BCUT2D eigenvalue weighted by Crippen LogP contribution is 2.62. The minimum absolute atomic E-state index is 1.28. The first-order valence-corrected chi connectivity index (χ1v) is 8.62. The Kier molecular flexibility index (Phi) is 9.91. The van der Waals surface area contributed by atoms with Gasteiger partial charge in [0.25, 0.3) is 0 Å². The Morgan fingerprint density at radius 1 is 0.344 bits per heavy atom. The Morgan fingerprint density at radius 2 is 0.500 bits per heavy atom. The fraction of sp³-hybridized carbons (Fsp3) is 1.00. The first-order valence-electron chi connectivity index (χ1n) is 8.62. The van der Waals surface area contributed by atoms with Gasteiger partial charge in [-0.15, -0.1) is 0 Å². The van der Waals surface area contributed by atoms with Crippen molar-refractivity contribution in [3.05, 3.63) is 0 Å². The summed E-state index contributed by atoms with van der Waals surface area (Å²) in [5.74, 6) is -41.2. The quantitative estimate of drug-likeness (QED) is 0.236. The second kappa shape index (κ2) is 9.60. The molecular formula is C15H20F16N+. The number of rotatable bonds is 8. The molecule has 196 valence electrons. The lowest BCUT2D eigenvalue weighted by molar-refractivity contribution is -0.921. The molecule has 0 amide bonds. The maximum atomic E-state index is 12.6. The average molecular weight is 518 g/mol. The minimum Gasteiger partial charge on any atom is -0.325 e. The van der Waals surface area contributed by atoms with E-state index in [1.165, 1.54) is 30.7 Å². The molecule has 1 nitrogen and oxygen atoms in total. The Balaban J connectivity index is 0. The number of nitrogens with zero attached hydrogens (tertiary/aromatic N) is 1. The summed E-state index contributed by atoms with van der Waals surface area (Å²) in [5, 5.41) is 0. The van der Waals surface area contributed by atoms with Gasteiger partial charge in [-0.25, -0.2) is 0 Å². The summed E-state index contributed by atoms with van der Waals surface area (Å²) < 4.78 is 195. The highest BCUT2D eigenvalue weighted by atomic mass is 19.4. The van der Waals surface area contributed by atoms with Crippen molar-refractivity contribution >= 4 is 0 Å². The van der Waals surface area contributed by atoms with Crippen LogP contribution < -0.4 is 0 Å². The van der Waals surface area contributed by atoms with Gasteiger partial charge < -0.3 is 4.48 Å². The van der Waals surface area contributed by atoms with Gasteiger partial charge in [0, 0.05) is 0 Å². The molecule has 0 saturated carbocycles. The van der Waals surface area contributed by atoms with Gasteiger partial charge in [-0.3, -0.25) is 0 Å². The molecule has 0 fully saturated rings. The van der Waals surface area contributed by atoms with E-state index in [1.54, 1.807) is 0 Å². The predicted octanol–water partition coefficient (Wildman–Crippen LogP) is 7.17. The average Bonchev–Trinajstić information content (AvgIpc) is 2.62. The molecule has 0 saturated heterocycles. The molecule has 0 unspecified atom stereocenters. The largest absolute Gasteiger partial charge is 0.460 e. The monoisotopic (exact) mass is 518 g/mol. The van der Waals surface area contributed by atoms with Crippen LogP contribution in [0.2, 0.25) is 0 Å². The van der Waals surface area contributed by atoms with Gasteiger partial charge in [-0.2, -0.15) is 70.2 Å². The molecule has 0 aromatic carbocycles. The molecule has 0 heterocycles. The third kappa shape index (κ3) is 5.32. The summed E-state index contributed by atoms with van der Waals surface area (Å²) in [5.41, 5.74) is 0. The van der Waals surface area contributed by atoms with E-state index in [1.807, 2.05) is 0 Å². The molecule has 0 aliphatic carbocycles. The highest BCUT2D eigenvalue weighted by molar-refractivity contribution is 5.11. The van der Waals surface area contributed by atoms with Crippen LogP contribution >= 0.6 is 0 Å². The van der Waals surface area contributed by atoms with Crippen LogP contribution in [0.3, 0.4) is 0 Å². The third-order valence-corrected chi connectivity index (χ3v) is 4.97. The first kappa shape index (κ1) is 33.0. The van der Waals surface area contributed by atoms with E-state index in [-0.39, 0.29) is 0 Å². The Morgan fingerprint density at radius 3 is 0.594 bits per heavy atom. The lowest BCUT2D eigenvalue weighted by atomic mass is 9.94. The van der Waals surface area contributed by atoms with Crippen molar-refractivity contribution in [3.63, 3.8) is 0 Å². The zero-order valence-corrected chi connectivity index (χ0v) is 16.8. The van der Waals surface area contributed by atoms with E-state index in [2.05, 4.69) is 27.7 Å². The number of alkyl halides is 16. The van der Waals surface area contributed by atoms with Crippen LogP contribution in [0.25, 0.3) is 0 Å². The molecule has 17 heteroatoms. The van der Waals surface area contributed by atoms with E-state index in [4.69, 9.17) is 0 Å². The van der Waals surface area contributed by atoms with E-state index >= 15 is 0 Å². The van der Waals surface area contributed by atoms with Crippen molar-refractivity contribution in [3.8, 4) is 0 Å². The van der Waals surface area contributed by atoms with Crippen LogP contribution in [0, 0.1) is 0 Å². The van der Waals surface area contributed by atoms with Crippen LogP contribution in [0.4, 0.5) is 70.2 Å². The van der Waals surface area contributed by atoms with Crippen molar-refractivity contribution in [2.45, 2.75) is 69.7 Å². The molecule has 0 aromatic heterocycles. The molecule has 0 aliphatic heterocycles. The van der Waals surface area contributed by atoms with Crippen LogP contribution in [0.15, 0.2) is 0 Å². The lowest BCUT2D eigenvalue weighted by Gasteiger charge is -2.39. The maximum absolute atomic E-state index is 12.6. The summed E-state index contributed by atoms with van der Waals surface area (Å²) in [7, 11) is 0. The Hall–Kier alpha value is -1.16. The number of halogens is 16. The molecule has 0 atom stereocenters. The normalized spacial score (nSPS) is 15.4. The van der Waals surface area contributed by atoms with Gasteiger partial charge in [-0.1, -0.05) is 0 Å². The predicted molar refractivity (Wildman–Crippen MR) is 79.3 cm³/mol. The van der Waals surface area contributed by atoms with Gasteiger partial charge in [0.15, 0.2) is 0 Å². The smallest absolute Gasteiger partial charge is 0.325 e. The molecular weight excluding hydrogens is 498 g/mol. The fourth-order valence-electron chi connectivity index (χ4n) is 2.29. The third-order valence-electron chi connectivity index (χ3n) is 4.97. The fourth-order valence-corrected chi connectivity index (χ4v) is 2.29. The van der Waals surface area contributed by atoms with Gasteiger partial charge in [0.1, 0.15) is 0 Å². The molecule has 0 N–H and O–H groups in total. The SMILES string of the molecule is CC[N+](CC)(CC)CC.FC(F)(F)C(F)(F)C(F)(F)C(F)(F)C(F)(F)C(F)(F)C(F)(F)F. The maximum Gasteiger partial charge on any atom is 0.460 e. The highest BCUT2D eigenvalue weighted by Gasteiger charge is 2.93. The molecule has 0 radical (unpaired) electrons. The van der Waals surface area contributed by atoms with Crippen molar-refractivity contribution in [2.75, 3.05) is 26.2 Å². The second-order valence-electron chi connectivity index (χ2n) is 6.47. The molecule has 0 aromatic rings. The van der Waals surface area contributed by atoms with Crippen molar-refractivity contribution in [1.82, 2.24) is 0 Å². The molecule has 0 rings (SSSR count). The van der Waals surface area contributed by atoms with Crippen molar-refractivity contribution in [1.29, 1.82) is 0 Å². The molecule has 32 heavy (non-hydrogen) atoms. The number of quaternary nitrogens is 1. The summed E-state index contributed by atoms with van der Waals surface area (Å²) in [6.45, 7) is 14.2. The van der Waals surface area contributed by atoms with Crippen LogP contribution in [-0.2, 0) is 0 Å². The van der Waals surface area contributed by atoms with Crippen LogP contribution in [0.1, 0.15) is 27.7 Å². The molecule has 0 spiro atoms. The van der Waals surface area contributed by atoms with E-state index in [0.29, 0.717) is 0 Å². The zero-order chi connectivity index (χ0) is 26.8. The van der Waals surface area contributed by atoms with Gasteiger partial charge in [0.05, 0.1) is 26.2 Å². The van der Waals surface area contributed by atoms with E-state index in [9.17, 15) is 70.2 Å². The number of hydrogen-bond donors (Lipinski definition) is 0. The molecule has 0 bridgehead atoms. The van der Waals surface area contributed by atoms with E-state index < -0.39 is 42.0 Å². The summed E-state index contributed by atoms with van der Waals surface area (Å²) in [6, 6.07) is 0. The van der Waals surface area contributed by atoms with Crippen LogP contribution in [0.5, 0.6) is 0 Å². The van der Waals surface area contributed by atoms with Gasteiger partial charge >= 0.3 is 42.0 Å². The van der Waals surface area contributed by atoms with Crippen LogP contribution in [-0.4, -0.2) is 72.6 Å². The second-order valence-corrected chi connectivity index (χ2v) is 6.47. The topological polar surface area (TPSA) is 0 Å². The minimum atomic E-state index is -8.43. The standard InChI is InChI=1S/C8H20N.C7F16/c1-5-9(6-2,7-3)8-4;8-1(9,2(10,11)4(14,15)6(18,19)20)3(12,13)5(16,17)7(21,22)23/h5-8H2,1-4H3;/q+1;. The first-order chi connectivity index (χ1) is 13.7. The van der Waals surface area contributed by atoms with Crippen molar-refractivity contribution in [2.24, 2.45) is 0 Å². The Labute approximate surface area is 171 Å². The summed E-state index contributed by atoms with van der Waals surface area (Å²) >= 11 is 0. The summed E-state index contributed by atoms with van der Waals surface area (Å²) in [4.78, 5) is 0. The van der Waals surface area contributed by atoms with Crippen molar-refractivity contribution < 1.29 is 74.7 Å². The number of hydrogen-bond acceptors (Lipinski definition) is 0. The summed E-state index contributed by atoms with van der Waals surface area (Å²) in [6.07, 6.45) is -15.3. The van der Waals surface area contributed by atoms with E-state index in [0.717, 1.165) is 0 Å². The van der Waals surface area contributed by atoms with Gasteiger partial charge in [-0.05, 0) is 27.7 Å². The zero-order valence-electron chi connectivity index (χ0n) is 16.8. The lowest BCUT2D eigenvalue weighted by Crippen LogP contribution is -2.72. The van der Waals surface area contributed by atoms with Gasteiger partial charge in [0.2, 0.25) is 0 Å². The molecule has 0 aliphatic rings.